The molecule has 0 bridgehead atoms. The van der Waals surface area contributed by atoms with Crippen LogP contribution >= 0.6 is 11.6 Å². The molecule has 0 atom stereocenters. The number of hydrogen-bond acceptors (Lipinski definition) is 4. The van der Waals surface area contributed by atoms with Crippen LogP contribution in [0.5, 0.6) is 0 Å². The van der Waals surface area contributed by atoms with E-state index in [-0.39, 0.29) is 16.8 Å². The first-order valence-electron chi connectivity index (χ1n) is 4.89. The summed E-state index contributed by atoms with van der Waals surface area (Å²) in [7, 11) is 0. The van der Waals surface area contributed by atoms with E-state index in [2.05, 4.69) is 20.5 Å². The minimum Gasteiger partial charge on any atom is -0.319 e. The predicted octanol–water partition coefficient (Wildman–Crippen LogP) is 2.09. The van der Waals surface area contributed by atoms with Gasteiger partial charge in [-0.2, -0.15) is 0 Å². The average Bonchev–Trinajstić information content (AvgIpc) is 2.33. The van der Waals surface area contributed by atoms with Crippen molar-refractivity contribution in [3.05, 3.63) is 47.0 Å². The van der Waals surface area contributed by atoms with E-state index >= 15 is 0 Å². The number of hydrogen-bond donors (Lipinski definition) is 1. The minimum atomic E-state index is -0.342. The Morgan fingerprint density at radius 3 is 2.76 bits per heavy atom. The first-order chi connectivity index (χ1) is 8.16. The zero-order chi connectivity index (χ0) is 12.3. The van der Waals surface area contributed by atoms with Crippen LogP contribution in [0.3, 0.4) is 0 Å². The Labute approximate surface area is 103 Å². The third-order valence-corrected chi connectivity index (χ3v) is 2.32. The molecule has 0 aliphatic heterocycles. The number of carbonyl (C=O) groups is 1. The van der Waals surface area contributed by atoms with Crippen molar-refractivity contribution in [1.29, 1.82) is 0 Å². The molecule has 0 saturated heterocycles. The first-order valence-corrected chi connectivity index (χ1v) is 5.27. The van der Waals surface area contributed by atoms with Crippen LogP contribution in [0, 0.1) is 6.92 Å². The zero-order valence-corrected chi connectivity index (χ0v) is 9.77. The summed E-state index contributed by atoms with van der Waals surface area (Å²) in [4.78, 5) is 15.9. The average molecular weight is 249 g/mol. The predicted molar refractivity (Wildman–Crippen MR) is 64.0 cm³/mol. The summed E-state index contributed by atoms with van der Waals surface area (Å²) in [6, 6.07) is 6.54. The summed E-state index contributed by atoms with van der Waals surface area (Å²) >= 11 is 5.59. The van der Waals surface area contributed by atoms with Crippen LogP contribution in [-0.2, 0) is 0 Å². The van der Waals surface area contributed by atoms with Gasteiger partial charge in [0.1, 0.15) is 0 Å². The molecule has 0 saturated carbocycles. The van der Waals surface area contributed by atoms with Crippen molar-refractivity contribution in [2.24, 2.45) is 0 Å². The maximum absolute atomic E-state index is 11.8. The van der Waals surface area contributed by atoms with Gasteiger partial charge in [-0.3, -0.25) is 9.78 Å². The van der Waals surface area contributed by atoms with Crippen LogP contribution < -0.4 is 5.32 Å². The van der Waals surface area contributed by atoms with Gasteiger partial charge in [0.15, 0.2) is 10.8 Å². The summed E-state index contributed by atoms with van der Waals surface area (Å²) in [5, 5.41) is 10.2. The smallest absolute Gasteiger partial charge is 0.276 e. The van der Waals surface area contributed by atoms with Crippen LogP contribution in [0.4, 0.5) is 5.69 Å². The molecule has 2 rings (SSSR count). The van der Waals surface area contributed by atoms with Crippen LogP contribution in [0.25, 0.3) is 0 Å². The van der Waals surface area contributed by atoms with E-state index in [0.717, 1.165) is 5.69 Å². The van der Waals surface area contributed by atoms with Crippen molar-refractivity contribution in [2.75, 3.05) is 5.32 Å². The second kappa shape index (κ2) is 4.88. The van der Waals surface area contributed by atoms with Gasteiger partial charge in [-0.15, -0.1) is 10.2 Å². The molecule has 0 spiro atoms. The standard InChI is InChI=1S/C11H9ClN4O/c1-7-8(3-2-6-13-7)14-11(17)9-4-5-10(12)16-15-9/h2-6H,1H3,(H,14,17). The molecule has 86 valence electrons. The molecule has 2 aromatic heterocycles. The molecule has 0 unspecified atom stereocenters. The number of pyridine rings is 1. The van der Waals surface area contributed by atoms with E-state index in [1.165, 1.54) is 12.1 Å². The fourth-order valence-corrected chi connectivity index (χ4v) is 1.34. The molecular weight excluding hydrogens is 240 g/mol. The summed E-state index contributed by atoms with van der Waals surface area (Å²) in [6.45, 7) is 1.81. The van der Waals surface area contributed by atoms with Gasteiger partial charge < -0.3 is 5.32 Å². The Morgan fingerprint density at radius 1 is 1.29 bits per heavy atom. The molecule has 5 nitrogen and oxygen atoms in total. The molecule has 6 heteroatoms. The molecule has 0 aromatic carbocycles. The molecule has 2 heterocycles. The summed E-state index contributed by atoms with van der Waals surface area (Å²) < 4.78 is 0. The number of aromatic nitrogens is 3. The van der Waals surface area contributed by atoms with Gasteiger partial charge in [-0.1, -0.05) is 11.6 Å². The van der Waals surface area contributed by atoms with Crippen molar-refractivity contribution < 1.29 is 4.79 Å². The third kappa shape index (κ3) is 2.76. The van der Waals surface area contributed by atoms with Gasteiger partial charge in [0.25, 0.3) is 5.91 Å². The summed E-state index contributed by atoms with van der Waals surface area (Å²) in [6.07, 6.45) is 1.66. The van der Waals surface area contributed by atoms with Crippen LogP contribution in [0.15, 0.2) is 30.5 Å². The first kappa shape index (κ1) is 11.5. The number of rotatable bonds is 2. The van der Waals surface area contributed by atoms with Gasteiger partial charge in [0, 0.05) is 6.20 Å². The van der Waals surface area contributed by atoms with Crippen molar-refractivity contribution in [3.63, 3.8) is 0 Å². The lowest BCUT2D eigenvalue weighted by Gasteiger charge is -2.06. The van der Waals surface area contributed by atoms with Crippen LogP contribution in [0.2, 0.25) is 5.15 Å². The van der Waals surface area contributed by atoms with E-state index in [1.54, 1.807) is 18.3 Å². The van der Waals surface area contributed by atoms with Gasteiger partial charge in [-0.25, -0.2) is 0 Å². The van der Waals surface area contributed by atoms with Crippen LogP contribution in [-0.4, -0.2) is 21.1 Å². The lowest BCUT2D eigenvalue weighted by Crippen LogP contribution is -2.15. The molecule has 0 aliphatic carbocycles. The highest BCUT2D eigenvalue weighted by Gasteiger charge is 2.09. The van der Waals surface area contributed by atoms with E-state index in [0.29, 0.717) is 5.69 Å². The Bertz CT molecular complexity index is 541. The summed E-state index contributed by atoms with van der Waals surface area (Å²) in [5.41, 5.74) is 1.59. The molecule has 0 aliphatic rings. The highest BCUT2D eigenvalue weighted by Crippen LogP contribution is 2.11. The number of anilines is 1. The highest BCUT2D eigenvalue weighted by atomic mass is 35.5. The van der Waals surface area contributed by atoms with Gasteiger partial charge in [0.05, 0.1) is 11.4 Å². The second-order valence-electron chi connectivity index (χ2n) is 3.33. The monoisotopic (exact) mass is 248 g/mol. The Hall–Kier alpha value is -2.01. The molecule has 0 fully saturated rings. The second-order valence-corrected chi connectivity index (χ2v) is 3.72. The number of halogens is 1. The van der Waals surface area contributed by atoms with Gasteiger partial charge in [0.2, 0.25) is 0 Å². The Morgan fingerprint density at radius 2 is 2.12 bits per heavy atom. The van der Waals surface area contributed by atoms with Crippen molar-refractivity contribution in [2.45, 2.75) is 6.92 Å². The largest absolute Gasteiger partial charge is 0.319 e. The number of amides is 1. The third-order valence-electron chi connectivity index (χ3n) is 2.12. The number of carbonyl (C=O) groups excluding carboxylic acids is 1. The van der Waals surface area contributed by atoms with E-state index in [4.69, 9.17) is 11.6 Å². The number of aryl methyl sites for hydroxylation is 1. The quantitative estimate of drug-likeness (QED) is 0.884. The fourth-order valence-electron chi connectivity index (χ4n) is 1.24. The van der Waals surface area contributed by atoms with Crippen LogP contribution in [0.1, 0.15) is 16.2 Å². The molecule has 1 N–H and O–H groups in total. The van der Waals surface area contributed by atoms with Crippen molar-refractivity contribution >= 4 is 23.2 Å². The SMILES string of the molecule is Cc1ncccc1NC(=O)c1ccc(Cl)nn1. The minimum absolute atomic E-state index is 0.206. The number of nitrogens with one attached hydrogen (secondary N) is 1. The van der Waals surface area contributed by atoms with E-state index < -0.39 is 0 Å². The maximum atomic E-state index is 11.8. The fraction of sp³-hybridized carbons (Fsp3) is 0.0909. The lowest BCUT2D eigenvalue weighted by atomic mass is 10.3. The van der Waals surface area contributed by atoms with Crippen molar-refractivity contribution in [3.8, 4) is 0 Å². The topological polar surface area (TPSA) is 67.8 Å². The molecule has 0 radical (unpaired) electrons. The Balaban J connectivity index is 2.17. The maximum Gasteiger partial charge on any atom is 0.276 e. The number of nitrogens with zero attached hydrogens (tertiary/aromatic N) is 3. The van der Waals surface area contributed by atoms with E-state index in [9.17, 15) is 4.79 Å². The van der Waals surface area contributed by atoms with Crippen molar-refractivity contribution in [1.82, 2.24) is 15.2 Å². The Kier molecular flexibility index (Phi) is 3.30. The summed E-state index contributed by atoms with van der Waals surface area (Å²) in [5.74, 6) is -0.342. The molecule has 1 amide bonds. The molecular formula is C11H9ClN4O. The zero-order valence-electron chi connectivity index (χ0n) is 9.01. The molecule has 2 aromatic rings. The highest BCUT2D eigenvalue weighted by molar-refractivity contribution is 6.29. The van der Waals surface area contributed by atoms with Gasteiger partial charge >= 0.3 is 0 Å². The van der Waals surface area contributed by atoms with Gasteiger partial charge in [-0.05, 0) is 31.2 Å². The lowest BCUT2D eigenvalue weighted by molar-refractivity contribution is 0.102. The normalized spacial score (nSPS) is 10.0. The molecule has 17 heavy (non-hydrogen) atoms. The van der Waals surface area contributed by atoms with E-state index in [1.807, 2.05) is 6.92 Å².